The molecule has 1 saturated carbocycles. The molecule has 0 aliphatic heterocycles. The van der Waals surface area contributed by atoms with Crippen LogP contribution in [0.15, 0.2) is 18.2 Å². The summed E-state index contributed by atoms with van der Waals surface area (Å²) in [7, 11) is 0. The van der Waals surface area contributed by atoms with Crippen LogP contribution < -0.4 is 10.6 Å². The fourth-order valence-corrected chi connectivity index (χ4v) is 3.04. The summed E-state index contributed by atoms with van der Waals surface area (Å²) < 4.78 is 0. The summed E-state index contributed by atoms with van der Waals surface area (Å²) in [4.78, 5) is 23.7. The van der Waals surface area contributed by atoms with Crippen LogP contribution in [-0.4, -0.2) is 18.4 Å². The van der Waals surface area contributed by atoms with E-state index in [0.29, 0.717) is 23.2 Å². The topological polar surface area (TPSA) is 58.2 Å². The molecule has 22 heavy (non-hydrogen) atoms. The van der Waals surface area contributed by atoms with Crippen LogP contribution in [0.4, 0.5) is 5.69 Å². The fraction of sp³-hybridized carbons (Fsp3) is 0.529. The summed E-state index contributed by atoms with van der Waals surface area (Å²) in [6.45, 7) is 2.37. The summed E-state index contributed by atoms with van der Waals surface area (Å²) >= 11 is 5.99. The van der Waals surface area contributed by atoms with E-state index in [-0.39, 0.29) is 0 Å². The molecular formula is C17H23ClN2O2. The number of amides is 2. The third-order valence-electron chi connectivity index (χ3n) is 4.29. The van der Waals surface area contributed by atoms with E-state index < -0.39 is 11.8 Å². The second kappa shape index (κ2) is 8.18. The van der Waals surface area contributed by atoms with Gasteiger partial charge in [0, 0.05) is 17.3 Å². The van der Waals surface area contributed by atoms with E-state index in [1.54, 1.807) is 25.1 Å². The second-order valence-electron chi connectivity index (χ2n) is 5.92. The maximum absolute atomic E-state index is 11.9. The number of rotatable bonds is 4. The van der Waals surface area contributed by atoms with Crippen molar-refractivity contribution in [2.24, 2.45) is 5.92 Å². The van der Waals surface area contributed by atoms with Gasteiger partial charge in [0.2, 0.25) is 0 Å². The van der Waals surface area contributed by atoms with Crippen molar-refractivity contribution in [1.82, 2.24) is 5.32 Å². The first kappa shape index (κ1) is 16.8. The zero-order valence-electron chi connectivity index (χ0n) is 13.0. The normalized spacial score (nSPS) is 15.4. The van der Waals surface area contributed by atoms with Crippen LogP contribution in [0.25, 0.3) is 0 Å². The Morgan fingerprint density at radius 2 is 1.91 bits per heavy atom. The van der Waals surface area contributed by atoms with Crippen molar-refractivity contribution in [2.45, 2.75) is 45.4 Å². The van der Waals surface area contributed by atoms with E-state index in [9.17, 15) is 9.59 Å². The number of carbonyl (C=O) groups is 2. The van der Waals surface area contributed by atoms with Gasteiger partial charge in [0.15, 0.2) is 0 Å². The van der Waals surface area contributed by atoms with Gasteiger partial charge in [0.25, 0.3) is 0 Å². The molecule has 1 fully saturated rings. The standard InChI is InChI=1S/C17H23ClN2O2/c1-12-14(18)8-5-9-15(12)20-17(22)16(21)19-11-10-13-6-3-2-4-7-13/h5,8-9,13H,2-4,6-7,10-11H2,1H3,(H,19,21)(H,20,22). The minimum Gasteiger partial charge on any atom is -0.348 e. The summed E-state index contributed by atoms with van der Waals surface area (Å²) in [5, 5.41) is 5.87. The molecule has 1 aromatic carbocycles. The average molecular weight is 323 g/mol. The van der Waals surface area contributed by atoms with Crippen LogP contribution in [-0.2, 0) is 9.59 Å². The maximum atomic E-state index is 11.9. The monoisotopic (exact) mass is 322 g/mol. The summed E-state index contributed by atoms with van der Waals surface area (Å²) in [6, 6.07) is 5.22. The van der Waals surface area contributed by atoms with Crippen molar-refractivity contribution < 1.29 is 9.59 Å². The number of anilines is 1. The van der Waals surface area contributed by atoms with Gasteiger partial charge in [-0.3, -0.25) is 9.59 Å². The quantitative estimate of drug-likeness (QED) is 0.831. The lowest BCUT2D eigenvalue weighted by molar-refractivity contribution is -0.136. The van der Waals surface area contributed by atoms with Crippen molar-refractivity contribution in [3.63, 3.8) is 0 Å². The first-order valence-corrected chi connectivity index (χ1v) is 8.30. The van der Waals surface area contributed by atoms with Gasteiger partial charge >= 0.3 is 11.8 Å². The molecule has 5 heteroatoms. The Morgan fingerprint density at radius 1 is 1.18 bits per heavy atom. The number of halogens is 1. The predicted molar refractivity (Wildman–Crippen MR) is 89.0 cm³/mol. The molecule has 0 bridgehead atoms. The Labute approximate surface area is 136 Å². The molecular weight excluding hydrogens is 300 g/mol. The SMILES string of the molecule is Cc1c(Cl)cccc1NC(=O)C(=O)NCCC1CCCCC1. The lowest BCUT2D eigenvalue weighted by atomic mass is 9.87. The molecule has 0 spiro atoms. The Hall–Kier alpha value is -1.55. The Bertz CT molecular complexity index is 539. The molecule has 1 aliphatic rings. The van der Waals surface area contributed by atoms with Gasteiger partial charge in [-0.15, -0.1) is 0 Å². The van der Waals surface area contributed by atoms with Gasteiger partial charge in [-0.05, 0) is 37.0 Å². The molecule has 0 aromatic heterocycles. The number of carbonyl (C=O) groups excluding carboxylic acids is 2. The summed E-state index contributed by atoms with van der Waals surface area (Å²) in [5.74, 6) is -0.545. The van der Waals surface area contributed by atoms with E-state index in [4.69, 9.17) is 11.6 Å². The van der Waals surface area contributed by atoms with Crippen LogP contribution in [0.1, 0.15) is 44.1 Å². The highest BCUT2D eigenvalue weighted by Gasteiger charge is 2.17. The van der Waals surface area contributed by atoms with Crippen molar-refractivity contribution >= 4 is 29.1 Å². The van der Waals surface area contributed by atoms with Crippen molar-refractivity contribution in [2.75, 3.05) is 11.9 Å². The van der Waals surface area contributed by atoms with E-state index >= 15 is 0 Å². The van der Waals surface area contributed by atoms with Gasteiger partial charge in [0.05, 0.1) is 0 Å². The van der Waals surface area contributed by atoms with E-state index in [0.717, 1.165) is 12.0 Å². The highest BCUT2D eigenvalue weighted by atomic mass is 35.5. The number of hydrogen-bond donors (Lipinski definition) is 2. The predicted octanol–water partition coefficient (Wildman–Crippen LogP) is 3.67. The third-order valence-corrected chi connectivity index (χ3v) is 4.69. The zero-order valence-corrected chi connectivity index (χ0v) is 13.7. The smallest absolute Gasteiger partial charge is 0.313 e. The molecule has 1 aromatic rings. The lowest BCUT2D eigenvalue weighted by Crippen LogP contribution is -2.36. The molecule has 120 valence electrons. The maximum Gasteiger partial charge on any atom is 0.313 e. The molecule has 2 rings (SSSR count). The molecule has 0 atom stereocenters. The Kier molecular flexibility index (Phi) is 6.25. The van der Waals surface area contributed by atoms with E-state index in [2.05, 4.69) is 10.6 Å². The second-order valence-corrected chi connectivity index (χ2v) is 6.32. The number of benzene rings is 1. The molecule has 4 nitrogen and oxygen atoms in total. The molecule has 0 saturated heterocycles. The molecule has 2 N–H and O–H groups in total. The largest absolute Gasteiger partial charge is 0.348 e. The van der Waals surface area contributed by atoms with Crippen molar-refractivity contribution in [1.29, 1.82) is 0 Å². The fourth-order valence-electron chi connectivity index (χ4n) is 2.87. The van der Waals surface area contributed by atoms with E-state index in [1.165, 1.54) is 32.1 Å². The van der Waals surface area contributed by atoms with E-state index in [1.807, 2.05) is 0 Å². The molecule has 2 amide bonds. The van der Waals surface area contributed by atoms with Crippen LogP contribution >= 0.6 is 11.6 Å². The zero-order chi connectivity index (χ0) is 15.9. The van der Waals surface area contributed by atoms with Gasteiger partial charge in [-0.2, -0.15) is 0 Å². The number of hydrogen-bond acceptors (Lipinski definition) is 2. The lowest BCUT2D eigenvalue weighted by Gasteiger charge is -2.21. The molecule has 1 aliphatic carbocycles. The van der Waals surface area contributed by atoms with Gasteiger partial charge in [-0.1, -0.05) is 49.8 Å². The van der Waals surface area contributed by atoms with Gasteiger partial charge in [0.1, 0.15) is 0 Å². The number of nitrogens with one attached hydrogen (secondary N) is 2. The Balaban J connectivity index is 1.77. The molecule has 0 heterocycles. The summed E-state index contributed by atoms with van der Waals surface area (Å²) in [5.41, 5.74) is 1.33. The van der Waals surface area contributed by atoms with Crippen molar-refractivity contribution in [3.05, 3.63) is 28.8 Å². The minimum absolute atomic E-state index is 0.561. The minimum atomic E-state index is -0.644. The first-order valence-electron chi connectivity index (χ1n) is 7.92. The van der Waals surface area contributed by atoms with Crippen LogP contribution in [0.3, 0.4) is 0 Å². The van der Waals surface area contributed by atoms with Gasteiger partial charge in [-0.25, -0.2) is 0 Å². The molecule has 0 radical (unpaired) electrons. The average Bonchev–Trinajstić information content (AvgIpc) is 2.52. The van der Waals surface area contributed by atoms with Crippen LogP contribution in [0.5, 0.6) is 0 Å². The van der Waals surface area contributed by atoms with Gasteiger partial charge < -0.3 is 10.6 Å². The third kappa shape index (κ3) is 4.73. The van der Waals surface area contributed by atoms with Crippen LogP contribution in [0.2, 0.25) is 5.02 Å². The van der Waals surface area contributed by atoms with Crippen molar-refractivity contribution in [3.8, 4) is 0 Å². The summed E-state index contributed by atoms with van der Waals surface area (Å²) in [6.07, 6.45) is 7.33. The Morgan fingerprint density at radius 3 is 2.64 bits per heavy atom. The molecule has 0 unspecified atom stereocenters. The van der Waals surface area contributed by atoms with Crippen LogP contribution in [0, 0.1) is 12.8 Å². The highest BCUT2D eigenvalue weighted by Crippen LogP contribution is 2.25. The highest BCUT2D eigenvalue weighted by molar-refractivity contribution is 6.40. The first-order chi connectivity index (χ1) is 10.6.